The number of amides is 1. The maximum atomic E-state index is 12.9. The summed E-state index contributed by atoms with van der Waals surface area (Å²) in [5.74, 6) is -0.146. The second-order valence-corrected chi connectivity index (χ2v) is 7.80. The van der Waals surface area contributed by atoms with Crippen LogP contribution in [-0.4, -0.2) is 30.1 Å². The highest BCUT2D eigenvalue weighted by Gasteiger charge is 2.22. The summed E-state index contributed by atoms with van der Waals surface area (Å²) in [6.07, 6.45) is 10.2. The number of fused-ring (bicyclic) bond motifs is 1. The molecule has 0 radical (unpaired) electrons. The minimum Gasteiger partial charge on any atom is -0.345 e. The molecule has 1 fully saturated rings. The highest BCUT2D eigenvalue weighted by atomic mass is 16.1. The fourth-order valence-corrected chi connectivity index (χ4v) is 4.34. The minimum atomic E-state index is -0.146. The van der Waals surface area contributed by atoms with E-state index in [0.717, 1.165) is 35.4 Å². The Balaban J connectivity index is 1.41. The van der Waals surface area contributed by atoms with Crippen LogP contribution in [0, 0.1) is 6.92 Å². The van der Waals surface area contributed by atoms with Crippen molar-refractivity contribution in [3.63, 3.8) is 0 Å². The van der Waals surface area contributed by atoms with Crippen molar-refractivity contribution >= 4 is 11.6 Å². The molecule has 4 aromatic rings. The molecule has 0 bridgehead atoms. The average molecular weight is 400 g/mol. The highest BCUT2D eigenvalue weighted by Crippen LogP contribution is 2.33. The van der Waals surface area contributed by atoms with Gasteiger partial charge in [-0.3, -0.25) is 18.9 Å². The number of carbonyl (C=O) groups is 1. The number of imidazole rings is 1. The van der Waals surface area contributed by atoms with Crippen molar-refractivity contribution in [1.82, 2.24) is 29.5 Å². The first-order chi connectivity index (χ1) is 14.7. The topological polar surface area (TPSA) is 77.1 Å². The van der Waals surface area contributed by atoms with Crippen LogP contribution in [0.3, 0.4) is 0 Å². The molecule has 0 aliphatic heterocycles. The van der Waals surface area contributed by atoms with Gasteiger partial charge in [0.25, 0.3) is 5.91 Å². The van der Waals surface area contributed by atoms with E-state index in [1.54, 1.807) is 12.4 Å². The summed E-state index contributed by atoms with van der Waals surface area (Å²) < 4.78 is 3.97. The zero-order valence-electron chi connectivity index (χ0n) is 17.0. The van der Waals surface area contributed by atoms with E-state index in [-0.39, 0.29) is 5.91 Å². The van der Waals surface area contributed by atoms with E-state index in [0.29, 0.717) is 24.0 Å². The molecule has 1 N–H and O–H groups in total. The third-order valence-electron chi connectivity index (χ3n) is 5.78. The van der Waals surface area contributed by atoms with Gasteiger partial charge in [-0.05, 0) is 50.1 Å². The van der Waals surface area contributed by atoms with Crippen molar-refractivity contribution in [3.8, 4) is 11.3 Å². The molecular weight excluding hydrogens is 376 g/mol. The Morgan fingerprint density at radius 3 is 2.77 bits per heavy atom. The summed E-state index contributed by atoms with van der Waals surface area (Å²) in [6.45, 7) is 2.23. The van der Waals surface area contributed by atoms with Crippen molar-refractivity contribution < 1.29 is 4.79 Å². The SMILES string of the molecule is Cc1nc2ccccn2c1C(=O)NCc1cc(-c2ccncc2)n(C2CCCC2)n1. The first-order valence-electron chi connectivity index (χ1n) is 10.4. The zero-order valence-corrected chi connectivity index (χ0v) is 17.0. The van der Waals surface area contributed by atoms with E-state index in [2.05, 4.69) is 26.0 Å². The van der Waals surface area contributed by atoms with Crippen LogP contribution in [0.2, 0.25) is 0 Å². The Morgan fingerprint density at radius 1 is 1.17 bits per heavy atom. The van der Waals surface area contributed by atoms with Gasteiger partial charge in [0.1, 0.15) is 11.3 Å². The molecule has 1 aliphatic carbocycles. The molecule has 1 aliphatic rings. The van der Waals surface area contributed by atoms with Gasteiger partial charge in [0.05, 0.1) is 29.7 Å². The Bertz CT molecular complexity index is 1190. The molecule has 4 heterocycles. The van der Waals surface area contributed by atoms with Gasteiger partial charge in [0, 0.05) is 24.2 Å². The normalized spacial score (nSPS) is 14.4. The molecule has 1 amide bonds. The van der Waals surface area contributed by atoms with Crippen LogP contribution in [0.25, 0.3) is 16.9 Å². The molecule has 0 aromatic carbocycles. The molecule has 1 saturated carbocycles. The molecule has 4 aromatic heterocycles. The van der Waals surface area contributed by atoms with Crippen LogP contribution in [0.1, 0.15) is 53.6 Å². The van der Waals surface area contributed by atoms with Gasteiger partial charge >= 0.3 is 0 Å². The van der Waals surface area contributed by atoms with Gasteiger partial charge in [0.15, 0.2) is 0 Å². The summed E-state index contributed by atoms with van der Waals surface area (Å²) in [5.41, 5.74) is 5.08. The Hall–Kier alpha value is -3.48. The van der Waals surface area contributed by atoms with Crippen molar-refractivity contribution in [3.05, 3.63) is 72.1 Å². The average Bonchev–Trinajstić information content (AvgIpc) is 3.50. The first-order valence-corrected chi connectivity index (χ1v) is 10.4. The number of hydrogen-bond donors (Lipinski definition) is 1. The van der Waals surface area contributed by atoms with Gasteiger partial charge in [-0.25, -0.2) is 4.98 Å². The molecule has 0 atom stereocenters. The molecule has 30 heavy (non-hydrogen) atoms. The summed E-state index contributed by atoms with van der Waals surface area (Å²) in [4.78, 5) is 21.5. The lowest BCUT2D eigenvalue weighted by atomic mass is 10.1. The fourth-order valence-electron chi connectivity index (χ4n) is 4.34. The van der Waals surface area contributed by atoms with E-state index < -0.39 is 0 Å². The maximum absolute atomic E-state index is 12.9. The fraction of sp³-hybridized carbons (Fsp3) is 0.304. The van der Waals surface area contributed by atoms with Gasteiger partial charge in [-0.15, -0.1) is 0 Å². The van der Waals surface area contributed by atoms with Crippen LogP contribution >= 0.6 is 0 Å². The van der Waals surface area contributed by atoms with Gasteiger partial charge in [-0.1, -0.05) is 18.9 Å². The van der Waals surface area contributed by atoms with Gasteiger partial charge in [-0.2, -0.15) is 5.10 Å². The molecule has 7 nitrogen and oxygen atoms in total. The summed E-state index contributed by atoms with van der Waals surface area (Å²) in [5, 5.41) is 7.89. The largest absolute Gasteiger partial charge is 0.345 e. The number of aromatic nitrogens is 5. The van der Waals surface area contributed by atoms with E-state index in [1.807, 2.05) is 47.9 Å². The lowest BCUT2D eigenvalue weighted by Gasteiger charge is -2.14. The van der Waals surface area contributed by atoms with Crippen molar-refractivity contribution in [2.45, 2.75) is 45.2 Å². The number of pyridine rings is 2. The number of rotatable bonds is 5. The van der Waals surface area contributed by atoms with E-state index in [4.69, 9.17) is 5.10 Å². The van der Waals surface area contributed by atoms with Crippen molar-refractivity contribution in [1.29, 1.82) is 0 Å². The lowest BCUT2D eigenvalue weighted by Crippen LogP contribution is -2.25. The monoisotopic (exact) mass is 400 g/mol. The summed E-state index contributed by atoms with van der Waals surface area (Å²) in [6, 6.07) is 12.2. The Kier molecular flexibility index (Phi) is 4.78. The Labute approximate surface area is 174 Å². The molecule has 7 heteroatoms. The molecule has 152 valence electrons. The summed E-state index contributed by atoms with van der Waals surface area (Å²) >= 11 is 0. The molecule has 0 spiro atoms. The molecule has 0 saturated heterocycles. The smallest absolute Gasteiger partial charge is 0.270 e. The number of nitrogens with zero attached hydrogens (tertiary/aromatic N) is 5. The second kappa shape index (κ2) is 7.74. The highest BCUT2D eigenvalue weighted by molar-refractivity contribution is 5.94. The summed E-state index contributed by atoms with van der Waals surface area (Å²) in [7, 11) is 0. The predicted octanol–water partition coefficient (Wildman–Crippen LogP) is 3.95. The van der Waals surface area contributed by atoms with Crippen LogP contribution < -0.4 is 5.32 Å². The molecular formula is C23H24N6O. The quantitative estimate of drug-likeness (QED) is 0.550. The predicted molar refractivity (Wildman–Crippen MR) is 114 cm³/mol. The van der Waals surface area contributed by atoms with Crippen molar-refractivity contribution in [2.75, 3.05) is 0 Å². The number of aryl methyl sites for hydroxylation is 1. The minimum absolute atomic E-state index is 0.146. The Morgan fingerprint density at radius 2 is 1.97 bits per heavy atom. The number of carbonyl (C=O) groups excluding carboxylic acids is 1. The zero-order chi connectivity index (χ0) is 20.5. The number of hydrogen-bond acceptors (Lipinski definition) is 4. The lowest BCUT2D eigenvalue weighted by molar-refractivity contribution is 0.0943. The molecule has 5 rings (SSSR count). The van der Waals surface area contributed by atoms with Crippen LogP contribution in [0.5, 0.6) is 0 Å². The van der Waals surface area contributed by atoms with Crippen molar-refractivity contribution in [2.24, 2.45) is 0 Å². The van der Waals surface area contributed by atoms with E-state index in [9.17, 15) is 4.79 Å². The first kappa shape index (κ1) is 18.5. The third-order valence-corrected chi connectivity index (χ3v) is 5.78. The van der Waals surface area contributed by atoms with Crippen LogP contribution in [0.4, 0.5) is 0 Å². The third kappa shape index (κ3) is 3.36. The second-order valence-electron chi connectivity index (χ2n) is 7.80. The standard InChI is InChI=1S/C23H24N6O/c1-16-22(28-13-5-4-8-21(28)26-16)23(30)25-15-18-14-20(17-9-11-24-12-10-17)29(27-18)19-6-2-3-7-19/h4-5,8-14,19H,2-3,6-7,15H2,1H3,(H,25,30). The number of nitrogens with one attached hydrogen (secondary N) is 1. The van der Waals surface area contributed by atoms with Gasteiger partial charge in [0.2, 0.25) is 0 Å². The van der Waals surface area contributed by atoms with Crippen LogP contribution in [0.15, 0.2) is 55.0 Å². The van der Waals surface area contributed by atoms with E-state index in [1.165, 1.54) is 12.8 Å². The maximum Gasteiger partial charge on any atom is 0.270 e. The molecule has 0 unspecified atom stereocenters. The van der Waals surface area contributed by atoms with E-state index >= 15 is 0 Å². The van der Waals surface area contributed by atoms with Crippen LogP contribution in [-0.2, 0) is 6.54 Å². The van der Waals surface area contributed by atoms with Gasteiger partial charge < -0.3 is 5.32 Å².